The van der Waals surface area contributed by atoms with Gasteiger partial charge < -0.3 is 4.42 Å². The molecule has 1 N–H and O–H groups in total. The maximum absolute atomic E-state index is 8.07. The first-order chi connectivity index (χ1) is 20.1. The molecule has 0 spiro atoms. The summed E-state index contributed by atoms with van der Waals surface area (Å²) in [7, 11) is 0. The molecule has 192 valence electrons. The van der Waals surface area contributed by atoms with Crippen LogP contribution in [0.3, 0.4) is 0 Å². The minimum atomic E-state index is -2.21. The van der Waals surface area contributed by atoms with E-state index in [9.17, 15) is 0 Å². The van der Waals surface area contributed by atoms with Crippen molar-refractivity contribution >= 4 is 43.7 Å². The van der Waals surface area contributed by atoms with Crippen LogP contribution in [0.5, 0.6) is 0 Å². The smallest absolute Gasteiger partial charge is 0.296 e. The van der Waals surface area contributed by atoms with Crippen molar-refractivity contribution in [1.29, 1.82) is 0 Å². The number of furan rings is 1. The van der Waals surface area contributed by atoms with Crippen molar-refractivity contribution in [2.24, 2.45) is 0 Å². The van der Waals surface area contributed by atoms with Gasteiger partial charge in [0.05, 0.1) is 0 Å². The van der Waals surface area contributed by atoms with E-state index in [1.54, 1.807) is 6.07 Å². The van der Waals surface area contributed by atoms with Gasteiger partial charge in [0, 0.05) is 26.0 Å². The molecule has 0 bridgehead atoms. The normalized spacial score (nSPS) is 13.6. The highest BCUT2D eigenvalue weighted by atomic mass is 16.3. The number of aromatic amines is 1. The van der Waals surface area contributed by atoms with Crippen LogP contribution >= 0.6 is 0 Å². The molecule has 7 aromatic rings. The van der Waals surface area contributed by atoms with Gasteiger partial charge in [0.1, 0.15) is 16.8 Å². The number of hydrogen-bond acceptors (Lipinski definition) is 1. The molecule has 3 nitrogen and oxygen atoms in total. The molecular weight excluding hydrogens is 476 g/mol. The number of fused-ring (bicyclic) bond motifs is 5. The number of para-hydroxylation sites is 4. The van der Waals surface area contributed by atoms with Gasteiger partial charge in [0.2, 0.25) is 0 Å². The molecule has 2 aromatic heterocycles. The summed E-state index contributed by atoms with van der Waals surface area (Å²) in [5, 5.41) is 3.54. The van der Waals surface area contributed by atoms with Gasteiger partial charge in [-0.25, -0.2) is 4.98 Å². The van der Waals surface area contributed by atoms with Crippen LogP contribution in [0, 0.1) is 6.85 Å². The van der Waals surface area contributed by atoms with Crippen LogP contribution in [-0.4, -0.2) is 4.98 Å². The molecule has 0 saturated carbocycles. The molecule has 0 amide bonds. The molecule has 0 atom stereocenters. The molecule has 0 aliphatic heterocycles. The van der Waals surface area contributed by atoms with Crippen molar-refractivity contribution in [2.75, 3.05) is 0 Å². The first-order valence-corrected chi connectivity index (χ1v) is 13.7. The minimum Gasteiger partial charge on any atom is -0.455 e. The van der Waals surface area contributed by atoms with Crippen LogP contribution < -0.4 is 4.57 Å². The summed E-state index contributed by atoms with van der Waals surface area (Å²) >= 11 is 0. The molecule has 0 unspecified atom stereocenters. The number of rotatable bonds is 4. The highest BCUT2D eigenvalue weighted by Gasteiger charge is 2.30. The fourth-order valence-corrected chi connectivity index (χ4v) is 6.02. The lowest BCUT2D eigenvalue weighted by Crippen LogP contribution is -2.35. The lowest BCUT2D eigenvalue weighted by atomic mass is 9.92. The molecule has 39 heavy (non-hydrogen) atoms. The zero-order valence-electron chi connectivity index (χ0n) is 25.7. The summed E-state index contributed by atoms with van der Waals surface area (Å²) in [6.45, 7) is 6.77. The molecule has 0 aliphatic carbocycles. The van der Waals surface area contributed by atoms with Crippen LogP contribution in [-0.2, 0) is 0 Å². The van der Waals surface area contributed by atoms with Gasteiger partial charge in [-0.05, 0) is 65.4 Å². The van der Waals surface area contributed by atoms with Crippen LogP contribution in [0.4, 0.5) is 0 Å². The van der Waals surface area contributed by atoms with Crippen molar-refractivity contribution in [2.45, 2.75) is 46.4 Å². The summed E-state index contributed by atoms with van der Waals surface area (Å²) in [5.41, 5.74) is 8.66. The molecule has 0 radical (unpaired) electrons. The number of hydrogen-bond donors (Lipinski definition) is 1. The third-order valence-electron chi connectivity index (χ3n) is 7.94. The van der Waals surface area contributed by atoms with Gasteiger partial charge in [0.15, 0.2) is 16.6 Å². The van der Waals surface area contributed by atoms with Gasteiger partial charge in [-0.3, -0.25) is 0 Å². The van der Waals surface area contributed by atoms with Gasteiger partial charge in [-0.2, -0.15) is 4.57 Å². The fourth-order valence-electron chi connectivity index (χ4n) is 6.02. The average molecular weight is 513 g/mol. The Morgan fingerprint density at radius 2 is 1.49 bits per heavy atom. The standard InChI is InChI=1S/C36H32N2O/c1-21(2)25-13-9-14-26(22(3)4)34(25)38-32-18-7-6-17-31(32)37-36(38)28-16-10-15-27-30-19-24-12-8-11-23(5)29(24)20-33(30)39-35(27)28/h6-22H,1-5H3/p+1/i5D3. The van der Waals surface area contributed by atoms with Crippen LogP contribution in [0.25, 0.3) is 60.8 Å². The number of imidazole rings is 1. The fraction of sp³-hybridized carbons (Fsp3) is 0.194. The Kier molecular flexibility index (Phi) is 4.67. The summed E-state index contributed by atoms with van der Waals surface area (Å²) in [6, 6.07) is 30.7. The third-order valence-corrected chi connectivity index (χ3v) is 7.94. The summed E-state index contributed by atoms with van der Waals surface area (Å²) in [5.74, 6) is 1.60. The van der Waals surface area contributed by atoms with Gasteiger partial charge in [0.25, 0.3) is 5.82 Å². The van der Waals surface area contributed by atoms with Crippen molar-refractivity contribution in [3.05, 3.63) is 108 Å². The highest BCUT2D eigenvalue weighted by molar-refractivity contribution is 6.13. The monoisotopic (exact) mass is 512 g/mol. The second-order valence-corrected chi connectivity index (χ2v) is 11.1. The molecule has 0 fully saturated rings. The maximum atomic E-state index is 8.07. The van der Waals surface area contributed by atoms with Crippen LogP contribution in [0.15, 0.2) is 95.4 Å². The summed E-state index contributed by atoms with van der Waals surface area (Å²) in [6.07, 6.45) is 0. The molecule has 0 aliphatic rings. The van der Waals surface area contributed by atoms with Crippen molar-refractivity contribution in [3.63, 3.8) is 0 Å². The molecule has 3 heteroatoms. The quantitative estimate of drug-likeness (QED) is 0.234. The van der Waals surface area contributed by atoms with Crippen molar-refractivity contribution in [1.82, 2.24) is 4.98 Å². The predicted molar refractivity (Wildman–Crippen MR) is 163 cm³/mol. The van der Waals surface area contributed by atoms with E-state index < -0.39 is 6.85 Å². The van der Waals surface area contributed by atoms with Gasteiger partial charge in [-0.1, -0.05) is 88.4 Å². The Bertz CT molecular complexity index is 2120. The van der Waals surface area contributed by atoms with E-state index in [1.807, 2.05) is 18.2 Å². The number of aromatic nitrogens is 2. The summed E-state index contributed by atoms with van der Waals surface area (Å²) in [4.78, 5) is 3.74. The Labute approximate surface area is 232 Å². The van der Waals surface area contributed by atoms with E-state index in [0.717, 1.165) is 44.2 Å². The van der Waals surface area contributed by atoms with Crippen LogP contribution in [0.2, 0.25) is 0 Å². The molecule has 0 saturated heterocycles. The molecular formula is C36H33N2O+. The number of H-pyrrole nitrogens is 1. The van der Waals surface area contributed by atoms with E-state index in [0.29, 0.717) is 28.4 Å². The number of aryl methyl sites for hydroxylation is 1. The highest BCUT2D eigenvalue weighted by Crippen LogP contribution is 2.38. The second kappa shape index (κ2) is 8.84. The zero-order valence-corrected chi connectivity index (χ0v) is 22.7. The van der Waals surface area contributed by atoms with E-state index in [4.69, 9.17) is 8.53 Å². The third kappa shape index (κ3) is 3.60. The number of nitrogens with one attached hydrogen (secondary N) is 1. The number of benzene rings is 5. The Balaban J connectivity index is 1.58. The Morgan fingerprint density at radius 1 is 0.744 bits per heavy atom. The summed E-state index contributed by atoms with van der Waals surface area (Å²) < 4.78 is 33.2. The molecule has 7 rings (SSSR count). The minimum absolute atomic E-state index is 0.328. The first kappa shape index (κ1) is 20.6. The molecule has 2 heterocycles. The van der Waals surface area contributed by atoms with Crippen LogP contribution in [0.1, 0.15) is 60.3 Å². The van der Waals surface area contributed by atoms with Crippen molar-refractivity contribution in [3.8, 4) is 17.1 Å². The van der Waals surface area contributed by atoms with E-state index in [1.165, 1.54) is 16.8 Å². The lowest BCUT2D eigenvalue weighted by molar-refractivity contribution is -0.556. The van der Waals surface area contributed by atoms with Crippen molar-refractivity contribution < 1.29 is 13.1 Å². The Hall–Kier alpha value is -4.37. The average Bonchev–Trinajstić information content (AvgIpc) is 3.52. The first-order valence-electron chi connectivity index (χ1n) is 15.2. The second-order valence-electron chi connectivity index (χ2n) is 11.1. The van der Waals surface area contributed by atoms with Gasteiger partial charge in [-0.15, -0.1) is 0 Å². The van der Waals surface area contributed by atoms with E-state index in [-0.39, 0.29) is 0 Å². The largest absolute Gasteiger partial charge is 0.455 e. The van der Waals surface area contributed by atoms with Gasteiger partial charge >= 0.3 is 0 Å². The topological polar surface area (TPSA) is 32.8 Å². The van der Waals surface area contributed by atoms with E-state index in [2.05, 4.69) is 104 Å². The molecule has 5 aromatic carbocycles. The zero-order chi connectivity index (χ0) is 29.3. The number of nitrogens with zero attached hydrogens (tertiary/aromatic N) is 1. The predicted octanol–water partition coefficient (Wildman–Crippen LogP) is 9.72. The Morgan fingerprint density at radius 3 is 2.26 bits per heavy atom. The maximum Gasteiger partial charge on any atom is 0.296 e. The lowest BCUT2D eigenvalue weighted by Gasteiger charge is -2.18. The SMILES string of the molecule is [2H]C([2H])([2H])c1cccc2cc3c(cc12)oc1c(-c2[nH]c4ccccc4[n+]2-c2c(C(C)C)cccc2C(C)C)cccc13. The van der Waals surface area contributed by atoms with E-state index >= 15 is 0 Å².